The van der Waals surface area contributed by atoms with Crippen LogP contribution in [-0.2, 0) is 33.5 Å². The number of aromatic nitrogens is 5. The molecule has 0 saturated carbocycles. The van der Waals surface area contributed by atoms with E-state index in [0.29, 0.717) is 5.56 Å². The van der Waals surface area contributed by atoms with Gasteiger partial charge in [0.15, 0.2) is 16.9 Å². The van der Waals surface area contributed by atoms with Crippen LogP contribution >= 0.6 is 0 Å². The zero-order chi connectivity index (χ0) is 22.7. The van der Waals surface area contributed by atoms with Gasteiger partial charge in [0.05, 0.1) is 12.9 Å². The van der Waals surface area contributed by atoms with Gasteiger partial charge in [-0.1, -0.05) is 6.07 Å². The molecule has 0 N–H and O–H groups in total. The number of ketones is 1. The van der Waals surface area contributed by atoms with E-state index in [1.54, 1.807) is 7.05 Å². The second-order valence-corrected chi connectivity index (χ2v) is 8.60. The SMILES string of the molecule is Cc1cc(C(=O)Cn2cnc3c2c(=O)n(C)c(=O)n3C)c(C)n1-c1ccc2c(c1)CCC2. The van der Waals surface area contributed by atoms with Crippen LogP contribution in [-0.4, -0.2) is 29.0 Å². The lowest BCUT2D eigenvalue weighted by molar-refractivity contribution is 0.0972. The number of imidazole rings is 1. The summed E-state index contributed by atoms with van der Waals surface area (Å²) in [5.41, 5.74) is 5.94. The fraction of sp³-hybridized carbons (Fsp3) is 0.333. The van der Waals surface area contributed by atoms with Crippen molar-refractivity contribution in [2.45, 2.75) is 39.7 Å². The van der Waals surface area contributed by atoms with Crippen molar-refractivity contribution in [3.8, 4) is 5.69 Å². The maximum atomic E-state index is 13.3. The second-order valence-electron chi connectivity index (χ2n) is 8.60. The molecule has 0 saturated heterocycles. The van der Waals surface area contributed by atoms with Crippen LogP contribution in [0.5, 0.6) is 0 Å². The number of fused-ring (bicyclic) bond motifs is 2. The van der Waals surface area contributed by atoms with Gasteiger partial charge in [0.2, 0.25) is 0 Å². The van der Waals surface area contributed by atoms with E-state index in [-0.39, 0.29) is 23.5 Å². The average molecular weight is 431 g/mol. The molecule has 4 aromatic rings. The van der Waals surface area contributed by atoms with E-state index in [4.69, 9.17) is 0 Å². The molecule has 32 heavy (non-hydrogen) atoms. The number of nitrogens with zero attached hydrogens (tertiary/aromatic N) is 5. The van der Waals surface area contributed by atoms with Gasteiger partial charge in [-0.25, -0.2) is 9.78 Å². The average Bonchev–Trinajstić information content (AvgIpc) is 3.47. The lowest BCUT2D eigenvalue weighted by Crippen LogP contribution is -2.37. The first-order chi connectivity index (χ1) is 15.3. The fourth-order valence-electron chi connectivity index (χ4n) is 4.90. The first-order valence-corrected chi connectivity index (χ1v) is 10.7. The van der Waals surface area contributed by atoms with Crippen molar-refractivity contribution in [2.24, 2.45) is 14.1 Å². The predicted octanol–water partition coefficient (Wildman–Crippen LogP) is 2.21. The molecule has 0 aliphatic heterocycles. The molecule has 0 bridgehead atoms. The standard InChI is InChI=1S/C24H25N5O3/c1-14-10-19(15(2)29(14)18-9-8-16-6-5-7-17(16)11-18)20(30)12-28-13-25-22-21(28)23(31)27(4)24(32)26(22)3/h8-11,13H,5-7,12H2,1-4H3. The summed E-state index contributed by atoms with van der Waals surface area (Å²) in [5, 5.41) is 0. The van der Waals surface area contributed by atoms with Crippen LogP contribution < -0.4 is 11.2 Å². The Bertz CT molecular complexity index is 1530. The van der Waals surface area contributed by atoms with Gasteiger partial charge in [-0.15, -0.1) is 0 Å². The van der Waals surface area contributed by atoms with Crippen molar-refractivity contribution in [1.82, 2.24) is 23.3 Å². The molecule has 0 spiro atoms. The summed E-state index contributed by atoms with van der Waals surface area (Å²) < 4.78 is 5.99. The second kappa shape index (κ2) is 7.19. The molecule has 1 aliphatic rings. The normalized spacial score (nSPS) is 13.1. The third kappa shape index (κ3) is 2.90. The number of hydrogen-bond acceptors (Lipinski definition) is 4. The Kier molecular flexibility index (Phi) is 4.54. The molecular formula is C24H25N5O3. The van der Waals surface area contributed by atoms with Gasteiger partial charge in [-0.2, -0.15) is 0 Å². The lowest BCUT2D eigenvalue weighted by atomic mass is 10.1. The Balaban J connectivity index is 1.54. The summed E-state index contributed by atoms with van der Waals surface area (Å²) in [4.78, 5) is 42.3. The number of hydrogen-bond donors (Lipinski definition) is 0. The molecule has 0 atom stereocenters. The minimum atomic E-state index is -0.461. The van der Waals surface area contributed by atoms with Crippen LogP contribution in [0.3, 0.4) is 0 Å². The molecule has 1 aliphatic carbocycles. The third-order valence-corrected chi connectivity index (χ3v) is 6.60. The summed E-state index contributed by atoms with van der Waals surface area (Å²) in [7, 11) is 2.99. The first-order valence-electron chi connectivity index (χ1n) is 10.7. The van der Waals surface area contributed by atoms with Crippen LogP contribution in [0.2, 0.25) is 0 Å². The van der Waals surface area contributed by atoms with Crippen LogP contribution in [0.4, 0.5) is 0 Å². The van der Waals surface area contributed by atoms with Crippen molar-refractivity contribution in [3.63, 3.8) is 0 Å². The molecule has 8 heteroatoms. The zero-order valence-corrected chi connectivity index (χ0v) is 18.7. The molecule has 0 radical (unpaired) electrons. The monoisotopic (exact) mass is 431 g/mol. The molecule has 3 heterocycles. The topological polar surface area (TPSA) is 83.8 Å². The summed E-state index contributed by atoms with van der Waals surface area (Å²) >= 11 is 0. The molecule has 1 aromatic carbocycles. The first kappa shape index (κ1) is 20.2. The zero-order valence-electron chi connectivity index (χ0n) is 18.7. The molecule has 8 nitrogen and oxygen atoms in total. The highest BCUT2D eigenvalue weighted by Gasteiger charge is 2.21. The van der Waals surface area contributed by atoms with Gasteiger partial charge >= 0.3 is 5.69 Å². The van der Waals surface area contributed by atoms with Crippen LogP contribution in [0.1, 0.15) is 39.3 Å². The maximum absolute atomic E-state index is 13.3. The van der Waals surface area contributed by atoms with Crippen molar-refractivity contribution >= 4 is 16.9 Å². The quantitative estimate of drug-likeness (QED) is 0.464. The Morgan fingerprint density at radius 2 is 1.78 bits per heavy atom. The van der Waals surface area contributed by atoms with Gasteiger partial charge in [0.1, 0.15) is 0 Å². The summed E-state index contributed by atoms with van der Waals surface area (Å²) in [6, 6.07) is 8.43. The summed E-state index contributed by atoms with van der Waals surface area (Å²) in [5.74, 6) is -0.110. The minimum absolute atomic E-state index is 0.0293. The van der Waals surface area contributed by atoms with Gasteiger partial charge in [0.25, 0.3) is 5.56 Å². The fourth-order valence-corrected chi connectivity index (χ4v) is 4.90. The van der Waals surface area contributed by atoms with Gasteiger partial charge in [-0.05, 0) is 62.4 Å². The minimum Gasteiger partial charge on any atom is -0.318 e. The number of benzene rings is 1. The number of aryl methyl sites for hydroxylation is 4. The Labute approximate surface area is 184 Å². The molecule has 0 fully saturated rings. The van der Waals surface area contributed by atoms with Crippen molar-refractivity contribution in [3.05, 3.63) is 79.5 Å². The smallest absolute Gasteiger partial charge is 0.318 e. The highest BCUT2D eigenvalue weighted by atomic mass is 16.2. The Hall–Kier alpha value is -3.68. The predicted molar refractivity (Wildman–Crippen MR) is 122 cm³/mol. The van der Waals surface area contributed by atoms with E-state index in [1.165, 1.54) is 40.1 Å². The molecule has 164 valence electrons. The highest BCUT2D eigenvalue weighted by Crippen LogP contribution is 2.27. The molecular weight excluding hydrogens is 406 g/mol. The molecule has 5 rings (SSSR count). The number of Topliss-reactive ketones (excluding diaryl/α,β-unsaturated/α-hetero) is 1. The largest absolute Gasteiger partial charge is 0.332 e. The number of carbonyl (C=O) groups excluding carboxylic acids is 1. The van der Waals surface area contributed by atoms with Crippen LogP contribution in [0, 0.1) is 13.8 Å². The van der Waals surface area contributed by atoms with E-state index in [2.05, 4.69) is 27.8 Å². The van der Waals surface area contributed by atoms with Crippen LogP contribution in [0.25, 0.3) is 16.9 Å². The Morgan fingerprint density at radius 1 is 1.03 bits per heavy atom. The van der Waals surface area contributed by atoms with E-state index in [9.17, 15) is 14.4 Å². The molecule has 3 aromatic heterocycles. The number of rotatable bonds is 4. The van der Waals surface area contributed by atoms with Crippen LogP contribution in [0.15, 0.2) is 40.2 Å². The Morgan fingerprint density at radius 3 is 2.56 bits per heavy atom. The highest BCUT2D eigenvalue weighted by molar-refractivity contribution is 5.98. The van der Waals surface area contributed by atoms with E-state index < -0.39 is 11.2 Å². The van der Waals surface area contributed by atoms with Crippen molar-refractivity contribution in [1.29, 1.82) is 0 Å². The van der Waals surface area contributed by atoms with Crippen molar-refractivity contribution in [2.75, 3.05) is 0 Å². The third-order valence-electron chi connectivity index (χ3n) is 6.60. The van der Waals surface area contributed by atoms with Gasteiger partial charge in [0, 0.05) is 36.7 Å². The van der Waals surface area contributed by atoms with Crippen molar-refractivity contribution < 1.29 is 4.79 Å². The molecule has 0 amide bonds. The van der Waals surface area contributed by atoms with E-state index in [0.717, 1.165) is 34.5 Å². The van der Waals surface area contributed by atoms with E-state index in [1.807, 2.05) is 19.9 Å². The molecule has 0 unspecified atom stereocenters. The van der Waals surface area contributed by atoms with Gasteiger partial charge in [-0.3, -0.25) is 18.7 Å². The van der Waals surface area contributed by atoms with E-state index >= 15 is 0 Å². The maximum Gasteiger partial charge on any atom is 0.332 e. The summed E-state index contributed by atoms with van der Waals surface area (Å²) in [6.07, 6.45) is 4.87. The number of carbonyl (C=O) groups is 1. The lowest BCUT2D eigenvalue weighted by Gasteiger charge is -2.12. The van der Waals surface area contributed by atoms with Gasteiger partial charge < -0.3 is 9.13 Å². The summed E-state index contributed by atoms with van der Waals surface area (Å²) in [6.45, 7) is 3.91.